The second-order valence-electron chi connectivity index (χ2n) is 6.84. The average Bonchev–Trinajstić information content (AvgIpc) is 3.23. The predicted octanol–water partition coefficient (Wildman–Crippen LogP) is 4.66. The fraction of sp³-hybridized carbons (Fsp3) is 0.208. The standard InChI is InChI=1S/C24H23N3O2S/c1-2-29-21-11-4-3-10-20(21)24-27-19(16-30-24)15-22(28)25-14-12-18-8-5-7-17-9-6-13-26-23(17)18/h3-11,13,16H,2,12,14-15H2,1H3,(H,25,28). The SMILES string of the molecule is CCOc1ccccc1-c1nc(CC(=O)NCCc2cccc3cccnc23)cs1. The molecule has 0 aliphatic heterocycles. The highest BCUT2D eigenvalue weighted by Gasteiger charge is 2.12. The smallest absolute Gasteiger partial charge is 0.226 e. The van der Waals surface area contributed by atoms with Gasteiger partial charge < -0.3 is 10.1 Å². The zero-order valence-electron chi connectivity index (χ0n) is 16.8. The molecule has 6 heteroatoms. The first-order valence-electron chi connectivity index (χ1n) is 10.0. The molecule has 30 heavy (non-hydrogen) atoms. The van der Waals surface area contributed by atoms with Crippen molar-refractivity contribution in [3.05, 3.63) is 77.4 Å². The van der Waals surface area contributed by atoms with Gasteiger partial charge in [-0.05, 0) is 37.1 Å². The van der Waals surface area contributed by atoms with Crippen LogP contribution < -0.4 is 10.1 Å². The number of para-hydroxylation sites is 2. The molecule has 0 aliphatic carbocycles. The average molecular weight is 418 g/mol. The number of carbonyl (C=O) groups excluding carboxylic acids is 1. The number of rotatable bonds is 8. The number of carbonyl (C=O) groups is 1. The highest BCUT2D eigenvalue weighted by Crippen LogP contribution is 2.32. The molecule has 0 bridgehead atoms. The molecule has 4 rings (SSSR count). The minimum absolute atomic E-state index is 0.0295. The molecule has 4 aromatic rings. The summed E-state index contributed by atoms with van der Waals surface area (Å²) in [5.41, 5.74) is 3.85. The molecular weight excluding hydrogens is 394 g/mol. The number of ether oxygens (including phenoxy) is 1. The van der Waals surface area contributed by atoms with E-state index in [1.807, 2.05) is 60.8 Å². The van der Waals surface area contributed by atoms with Crippen LogP contribution in [0.5, 0.6) is 5.75 Å². The fourth-order valence-electron chi connectivity index (χ4n) is 3.37. The van der Waals surface area contributed by atoms with E-state index in [0.29, 0.717) is 13.2 Å². The van der Waals surface area contributed by atoms with E-state index in [0.717, 1.165) is 44.9 Å². The molecule has 0 radical (unpaired) electrons. The summed E-state index contributed by atoms with van der Waals surface area (Å²) in [5.74, 6) is 0.784. The van der Waals surface area contributed by atoms with Gasteiger partial charge in [0, 0.05) is 23.5 Å². The number of pyridine rings is 1. The minimum atomic E-state index is -0.0295. The third kappa shape index (κ3) is 4.66. The van der Waals surface area contributed by atoms with Crippen molar-refractivity contribution in [2.45, 2.75) is 19.8 Å². The van der Waals surface area contributed by atoms with E-state index in [9.17, 15) is 4.79 Å². The minimum Gasteiger partial charge on any atom is -0.493 e. The Labute approximate surface area is 179 Å². The number of aromatic nitrogens is 2. The van der Waals surface area contributed by atoms with E-state index >= 15 is 0 Å². The number of hydrogen-bond donors (Lipinski definition) is 1. The van der Waals surface area contributed by atoms with Crippen LogP contribution in [0.15, 0.2) is 66.2 Å². The fourth-order valence-corrected chi connectivity index (χ4v) is 4.22. The van der Waals surface area contributed by atoms with Gasteiger partial charge in [-0.3, -0.25) is 9.78 Å². The molecule has 0 atom stereocenters. The molecule has 2 aromatic heterocycles. The molecule has 1 amide bonds. The summed E-state index contributed by atoms with van der Waals surface area (Å²) in [5, 5.41) is 6.91. The lowest BCUT2D eigenvalue weighted by Gasteiger charge is -2.07. The zero-order chi connectivity index (χ0) is 20.8. The van der Waals surface area contributed by atoms with E-state index < -0.39 is 0 Å². The third-order valence-corrected chi connectivity index (χ3v) is 5.67. The van der Waals surface area contributed by atoms with Crippen LogP contribution in [-0.2, 0) is 17.6 Å². The molecule has 0 fully saturated rings. The van der Waals surface area contributed by atoms with Crippen molar-refractivity contribution in [1.29, 1.82) is 0 Å². The monoisotopic (exact) mass is 417 g/mol. The number of fused-ring (bicyclic) bond motifs is 1. The van der Waals surface area contributed by atoms with Gasteiger partial charge in [-0.1, -0.05) is 36.4 Å². The van der Waals surface area contributed by atoms with Crippen LogP contribution in [0.1, 0.15) is 18.2 Å². The Morgan fingerprint density at radius 1 is 1.10 bits per heavy atom. The summed E-state index contributed by atoms with van der Waals surface area (Å²) in [7, 11) is 0. The van der Waals surface area contributed by atoms with Gasteiger partial charge in [0.1, 0.15) is 10.8 Å². The molecule has 0 spiro atoms. The number of amides is 1. The van der Waals surface area contributed by atoms with Crippen LogP contribution in [0, 0.1) is 0 Å². The van der Waals surface area contributed by atoms with Crippen molar-refractivity contribution in [1.82, 2.24) is 15.3 Å². The second-order valence-corrected chi connectivity index (χ2v) is 7.70. The lowest BCUT2D eigenvalue weighted by molar-refractivity contribution is -0.120. The van der Waals surface area contributed by atoms with E-state index in [2.05, 4.69) is 21.4 Å². The van der Waals surface area contributed by atoms with Crippen LogP contribution in [0.25, 0.3) is 21.5 Å². The summed E-state index contributed by atoms with van der Waals surface area (Å²) < 4.78 is 5.69. The normalized spacial score (nSPS) is 10.8. The van der Waals surface area contributed by atoms with Crippen molar-refractivity contribution < 1.29 is 9.53 Å². The van der Waals surface area contributed by atoms with Gasteiger partial charge in [-0.25, -0.2) is 4.98 Å². The van der Waals surface area contributed by atoms with Gasteiger partial charge in [0.25, 0.3) is 0 Å². The summed E-state index contributed by atoms with van der Waals surface area (Å²) in [6.07, 6.45) is 2.80. The van der Waals surface area contributed by atoms with Crippen LogP contribution in [0.4, 0.5) is 0 Å². The Morgan fingerprint density at radius 2 is 1.97 bits per heavy atom. The van der Waals surface area contributed by atoms with E-state index in [1.54, 1.807) is 6.20 Å². The number of nitrogens with zero attached hydrogens (tertiary/aromatic N) is 2. The molecule has 0 aliphatic rings. The van der Waals surface area contributed by atoms with Crippen molar-refractivity contribution in [3.63, 3.8) is 0 Å². The first kappa shape index (κ1) is 20.0. The number of hydrogen-bond acceptors (Lipinski definition) is 5. The van der Waals surface area contributed by atoms with Gasteiger partial charge in [0.05, 0.1) is 29.8 Å². The van der Waals surface area contributed by atoms with E-state index in [1.165, 1.54) is 11.3 Å². The number of benzene rings is 2. The highest BCUT2D eigenvalue weighted by molar-refractivity contribution is 7.13. The lowest BCUT2D eigenvalue weighted by Crippen LogP contribution is -2.27. The van der Waals surface area contributed by atoms with Gasteiger partial charge in [-0.2, -0.15) is 0 Å². The quantitative estimate of drug-likeness (QED) is 0.453. The van der Waals surface area contributed by atoms with Crippen LogP contribution in [0.3, 0.4) is 0 Å². The summed E-state index contributed by atoms with van der Waals surface area (Å²) in [4.78, 5) is 21.5. The lowest BCUT2D eigenvalue weighted by atomic mass is 10.1. The first-order valence-corrected chi connectivity index (χ1v) is 10.9. The molecule has 0 saturated heterocycles. The van der Waals surface area contributed by atoms with Crippen molar-refractivity contribution in [2.75, 3.05) is 13.2 Å². The Bertz CT molecular complexity index is 1150. The maximum atomic E-state index is 12.4. The van der Waals surface area contributed by atoms with Crippen molar-refractivity contribution >= 4 is 28.1 Å². The highest BCUT2D eigenvalue weighted by atomic mass is 32.1. The van der Waals surface area contributed by atoms with Crippen molar-refractivity contribution in [2.24, 2.45) is 0 Å². The Balaban J connectivity index is 1.35. The largest absolute Gasteiger partial charge is 0.493 e. The molecule has 1 N–H and O–H groups in total. The maximum Gasteiger partial charge on any atom is 0.226 e. The summed E-state index contributed by atoms with van der Waals surface area (Å²) in [6.45, 7) is 3.13. The van der Waals surface area contributed by atoms with E-state index in [4.69, 9.17) is 4.74 Å². The Kier molecular flexibility index (Phi) is 6.35. The van der Waals surface area contributed by atoms with Gasteiger partial charge in [0.2, 0.25) is 5.91 Å². The molecule has 152 valence electrons. The molecule has 0 unspecified atom stereocenters. The Morgan fingerprint density at radius 3 is 2.87 bits per heavy atom. The van der Waals surface area contributed by atoms with E-state index in [-0.39, 0.29) is 12.3 Å². The van der Waals surface area contributed by atoms with Gasteiger partial charge in [-0.15, -0.1) is 11.3 Å². The third-order valence-electron chi connectivity index (χ3n) is 4.74. The van der Waals surface area contributed by atoms with Gasteiger partial charge >= 0.3 is 0 Å². The van der Waals surface area contributed by atoms with Crippen LogP contribution >= 0.6 is 11.3 Å². The first-order chi connectivity index (χ1) is 14.7. The van der Waals surface area contributed by atoms with Crippen LogP contribution in [-0.4, -0.2) is 29.0 Å². The predicted molar refractivity (Wildman–Crippen MR) is 121 cm³/mol. The molecule has 2 heterocycles. The zero-order valence-corrected chi connectivity index (χ0v) is 17.6. The number of thiazole rings is 1. The molecule has 0 saturated carbocycles. The molecule has 2 aromatic carbocycles. The summed E-state index contributed by atoms with van der Waals surface area (Å²) in [6, 6.07) is 18.0. The summed E-state index contributed by atoms with van der Waals surface area (Å²) >= 11 is 1.53. The number of nitrogens with one attached hydrogen (secondary N) is 1. The topological polar surface area (TPSA) is 64.1 Å². The molecule has 5 nitrogen and oxygen atoms in total. The van der Waals surface area contributed by atoms with Gasteiger partial charge in [0.15, 0.2) is 0 Å². The Hall–Kier alpha value is -3.25. The van der Waals surface area contributed by atoms with Crippen LogP contribution in [0.2, 0.25) is 0 Å². The maximum absolute atomic E-state index is 12.4. The second kappa shape index (κ2) is 9.50. The van der Waals surface area contributed by atoms with Crippen molar-refractivity contribution in [3.8, 4) is 16.3 Å². The molecular formula is C24H23N3O2S.